The zero-order valence-corrected chi connectivity index (χ0v) is 11.5. The second kappa shape index (κ2) is 5.51. The second-order valence-electron chi connectivity index (χ2n) is 5.06. The first-order chi connectivity index (χ1) is 10.1. The van der Waals surface area contributed by atoms with Crippen LogP contribution in [-0.2, 0) is 26.1 Å². The van der Waals surface area contributed by atoms with Gasteiger partial charge in [-0.25, -0.2) is 19.0 Å². The summed E-state index contributed by atoms with van der Waals surface area (Å²) >= 11 is 0. The molecule has 112 valence electrons. The van der Waals surface area contributed by atoms with Gasteiger partial charge in [-0.2, -0.15) is 5.10 Å². The molecule has 21 heavy (non-hydrogen) atoms. The van der Waals surface area contributed by atoms with Crippen LogP contribution in [0.1, 0.15) is 35.6 Å². The van der Waals surface area contributed by atoms with Crippen LogP contribution in [0.4, 0.5) is 0 Å². The summed E-state index contributed by atoms with van der Waals surface area (Å²) in [5.74, 6) is -0.283. The predicted octanol–water partition coefficient (Wildman–Crippen LogP) is -0.239. The Morgan fingerprint density at radius 3 is 2.90 bits per heavy atom. The van der Waals surface area contributed by atoms with Crippen molar-refractivity contribution >= 4 is 5.97 Å². The maximum Gasteiger partial charge on any atom is 0.358 e. The Bertz CT molecular complexity index is 713. The summed E-state index contributed by atoms with van der Waals surface area (Å²) in [6, 6.07) is 0. The summed E-state index contributed by atoms with van der Waals surface area (Å²) in [7, 11) is 0. The molecule has 0 saturated heterocycles. The van der Waals surface area contributed by atoms with Crippen LogP contribution >= 0.6 is 0 Å². The Morgan fingerprint density at radius 1 is 1.29 bits per heavy atom. The lowest BCUT2D eigenvalue weighted by Gasteiger charge is -2.00. The molecule has 0 atom stereocenters. The number of carboxylic acids is 1. The van der Waals surface area contributed by atoms with Crippen molar-refractivity contribution in [3.63, 3.8) is 0 Å². The molecule has 0 spiro atoms. The van der Waals surface area contributed by atoms with Gasteiger partial charge in [0.15, 0.2) is 5.69 Å². The average molecular weight is 292 g/mol. The van der Waals surface area contributed by atoms with E-state index in [9.17, 15) is 9.59 Å². The highest BCUT2D eigenvalue weighted by atomic mass is 16.4. The molecule has 0 aliphatic carbocycles. The number of carbonyl (C=O) groups is 1. The van der Waals surface area contributed by atoms with E-state index in [4.69, 9.17) is 5.11 Å². The Hall–Kier alpha value is -2.45. The normalized spacial score (nSPS) is 14.7. The SMILES string of the molecule is O=C(O)c1cn(CCn2nc3n(c2=O)CCCCC3)nn1. The van der Waals surface area contributed by atoms with Crippen molar-refractivity contribution in [1.82, 2.24) is 29.3 Å². The number of hydrogen-bond donors (Lipinski definition) is 1. The van der Waals surface area contributed by atoms with E-state index in [0.717, 1.165) is 38.1 Å². The van der Waals surface area contributed by atoms with E-state index in [1.807, 2.05) is 0 Å². The molecule has 0 radical (unpaired) electrons. The standard InChI is InChI=1S/C12H16N6O3/c19-11(20)9-8-16(15-13-9)6-7-18-12(21)17-5-3-1-2-4-10(17)14-18/h8H,1-7H2,(H,19,20). The summed E-state index contributed by atoms with van der Waals surface area (Å²) in [4.78, 5) is 22.9. The third-order valence-electron chi connectivity index (χ3n) is 3.58. The van der Waals surface area contributed by atoms with Crippen molar-refractivity contribution in [1.29, 1.82) is 0 Å². The first-order valence-corrected chi connectivity index (χ1v) is 6.95. The smallest absolute Gasteiger partial charge is 0.358 e. The molecule has 1 N–H and O–H groups in total. The molecular formula is C12H16N6O3. The topological polar surface area (TPSA) is 108 Å². The van der Waals surface area contributed by atoms with Gasteiger partial charge in [-0.05, 0) is 12.8 Å². The van der Waals surface area contributed by atoms with Crippen molar-refractivity contribution in [2.24, 2.45) is 0 Å². The minimum Gasteiger partial charge on any atom is -0.476 e. The lowest BCUT2D eigenvalue weighted by Crippen LogP contribution is -2.26. The number of carboxylic acid groups (broad SMARTS) is 1. The molecule has 1 aliphatic rings. The number of hydrogen-bond acceptors (Lipinski definition) is 5. The van der Waals surface area contributed by atoms with E-state index in [2.05, 4.69) is 15.4 Å². The zero-order chi connectivity index (χ0) is 14.8. The minimum absolute atomic E-state index is 0.106. The van der Waals surface area contributed by atoms with Gasteiger partial charge in [-0.3, -0.25) is 4.57 Å². The molecule has 0 saturated carbocycles. The number of nitrogens with zero attached hydrogens (tertiary/aromatic N) is 6. The highest BCUT2D eigenvalue weighted by Gasteiger charge is 2.15. The van der Waals surface area contributed by atoms with Crippen molar-refractivity contribution in [2.45, 2.75) is 45.3 Å². The number of aromatic carboxylic acids is 1. The molecule has 3 rings (SSSR count). The van der Waals surface area contributed by atoms with Gasteiger partial charge in [-0.15, -0.1) is 5.10 Å². The average Bonchev–Trinajstić information content (AvgIpc) is 2.96. The van der Waals surface area contributed by atoms with Crippen LogP contribution in [0.5, 0.6) is 0 Å². The molecule has 0 fully saturated rings. The molecule has 0 bridgehead atoms. The van der Waals surface area contributed by atoms with Crippen molar-refractivity contribution in [3.05, 3.63) is 28.2 Å². The molecule has 0 aromatic carbocycles. The van der Waals surface area contributed by atoms with E-state index < -0.39 is 5.97 Å². The molecule has 9 nitrogen and oxygen atoms in total. The van der Waals surface area contributed by atoms with Crippen LogP contribution in [0.25, 0.3) is 0 Å². The molecule has 3 heterocycles. The highest BCUT2D eigenvalue weighted by molar-refractivity contribution is 5.84. The first kappa shape index (κ1) is 13.5. The van der Waals surface area contributed by atoms with Crippen LogP contribution in [0.15, 0.2) is 11.0 Å². The van der Waals surface area contributed by atoms with E-state index in [0.29, 0.717) is 13.1 Å². The molecule has 0 amide bonds. The Morgan fingerprint density at radius 2 is 2.14 bits per heavy atom. The lowest BCUT2D eigenvalue weighted by atomic mass is 10.2. The number of aromatic nitrogens is 6. The van der Waals surface area contributed by atoms with Gasteiger partial charge in [0.05, 0.1) is 19.3 Å². The summed E-state index contributed by atoms with van der Waals surface area (Å²) < 4.78 is 4.56. The molecule has 1 aliphatic heterocycles. The Labute approximate surface area is 119 Å². The lowest BCUT2D eigenvalue weighted by molar-refractivity contribution is 0.0690. The minimum atomic E-state index is -1.12. The summed E-state index contributed by atoms with van der Waals surface area (Å²) in [6.07, 6.45) is 5.36. The zero-order valence-electron chi connectivity index (χ0n) is 11.5. The van der Waals surface area contributed by atoms with Crippen LogP contribution < -0.4 is 5.69 Å². The monoisotopic (exact) mass is 292 g/mol. The van der Waals surface area contributed by atoms with Crippen LogP contribution in [0.2, 0.25) is 0 Å². The second-order valence-corrected chi connectivity index (χ2v) is 5.06. The molecule has 2 aromatic heterocycles. The van der Waals surface area contributed by atoms with E-state index in [1.165, 1.54) is 15.6 Å². The Kier molecular flexibility index (Phi) is 3.55. The van der Waals surface area contributed by atoms with Gasteiger partial charge in [0.1, 0.15) is 5.82 Å². The highest BCUT2D eigenvalue weighted by Crippen LogP contribution is 2.10. The molecular weight excluding hydrogens is 276 g/mol. The molecule has 0 unspecified atom stereocenters. The third kappa shape index (κ3) is 2.71. The Balaban J connectivity index is 1.73. The van der Waals surface area contributed by atoms with Crippen molar-refractivity contribution < 1.29 is 9.90 Å². The maximum absolute atomic E-state index is 12.2. The maximum atomic E-state index is 12.2. The predicted molar refractivity (Wildman–Crippen MR) is 71.0 cm³/mol. The quantitative estimate of drug-likeness (QED) is 0.833. The fourth-order valence-electron chi connectivity index (χ4n) is 2.47. The largest absolute Gasteiger partial charge is 0.476 e. The van der Waals surface area contributed by atoms with Crippen molar-refractivity contribution in [3.8, 4) is 0 Å². The fraction of sp³-hybridized carbons (Fsp3) is 0.583. The van der Waals surface area contributed by atoms with Gasteiger partial charge in [0, 0.05) is 13.0 Å². The summed E-state index contributed by atoms with van der Waals surface area (Å²) in [5, 5.41) is 20.4. The first-order valence-electron chi connectivity index (χ1n) is 6.95. The molecule has 2 aromatic rings. The van der Waals surface area contributed by atoms with Crippen molar-refractivity contribution in [2.75, 3.05) is 0 Å². The van der Waals surface area contributed by atoms with Gasteiger partial charge in [-0.1, -0.05) is 11.6 Å². The summed E-state index contributed by atoms with van der Waals surface area (Å²) in [6.45, 7) is 1.43. The third-order valence-corrected chi connectivity index (χ3v) is 3.58. The summed E-state index contributed by atoms with van der Waals surface area (Å²) in [5.41, 5.74) is -0.214. The van der Waals surface area contributed by atoms with E-state index in [-0.39, 0.29) is 11.4 Å². The van der Waals surface area contributed by atoms with Crippen LogP contribution in [0.3, 0.4) is 0 Å². The van der Waals surface area contributed by atoms with Gasteiger partial charge < -0.3 is 5.11 Å². The van der Waals surface area contributed by atoms with Crippen LogP contribution in [0, 0.1) is 0 Å². The van der Waals surface area contributed by atoms with Crippen LogP contribution in [-0.4, -0.2) is 40.4 Å². The number of rotatable bonds is 4. The van der Waals surface area contributed by atoms with E-state index in [1.54, 1.807) is 4.57 Å². The fourth-order valence-corrected chi connectivity index (χ4v) is 2.47. The number of aryl methyl sites for hydroxylation is 3. The van der Waals surface area contributed by atoms with Gasteiger partial charge >= 0.3 is 11.7 Å². The van der Waals surface area contributed by atoms with E-state index >= 15 is 0 Å². The van der Waals surface area contributed by atoms with Gasteiger partial charge in [0.25, 0.3) is 0 Å². The number of fused-ring (bicyclic) bond motifs is 1. The molecule has 9 heteroatoms. The van der Waals surface area contributed by atoms with Gasteiger partial charge in [0.2, 0.25) is 0 Å².